The summed E-state index contributed by atoms with van der Waals surface area (Å²) in [5.41, 5.74) is 7.50. The first-order chi connectivity index (χ1) is 22.4. The van der Waals surface area contributed by atoms with Gasteiger partial charge in [0.1, 0.15) is 0 Å². The highest BCUT2D eigenvalue weighted by Crippen LogP contribution is 2.53. The lowest BCUT2D eigenvalue weighted by Gasteiger charge is -2.12. The summed E-state index contributed by atoms with van der Waals surface area (Å²) in [4.78, 5) is 29.7. The summed E-state index contributed by atoms with van der Waals surface area (Å²) in [6.07, 6.45) is 0. The summed E-state index contributed by atoms with van der Waals surface area (Å²) in [7, 11) is 0. The molecule has 0 aliphatic rings. The molecular formula is C43H27NO2. The van der Waals surface area contributed by atoms with E-state index < -0.39 is 0 Å². The monoisotopic (exact) mass is 589 g/mol. The summed E-state index contributed by atoms with van der Waals surface area (Å²) < 4.78 is 1.44. The highest BCUT2D eigenvalue weighted by Gasteiger charge is 2.29. The van der Waals surface area contributed by atoms with Gasteiger partial charge in [-0.3, -0.25) is 9.59 Å². The molecule has 0 saturated heterocycles. The topological polar surface area (TPSA) is 39.1 Å². The Balaban J connectivity index is 1.53. The van der Waals surface area contributed by atoms with Crippen molar-refractivity contribution < 1.29 is 0 Å². The third-order valence-electron chi connectivity index (χ3n) is 10.5. The molecule has 0 bridgehead atoms. The molecule has 0 fully saturated rings. The summed E-state index contributed by atoms with van der Waals surface area (Å²) in [6.45, 7) is 6.05. The van der Waals surface area contributed by atoms with Gasteiger partial charge < -0.3 is 0 Å². The van der Waals surface area contributed by atoms with Crippen LogP contribution in [0.2, 0.25) is 0 Å². The van der Waals surface area contributed by atoms with Crippen LogP contribution in [0.25, 0.3) is 92.6 Å². The van der Waals surface area contributed by atoms with E-state index in [2.05, 4.69) is 91.0 Å². The zero-order valence-corrected chi connectivity index (χ0v) is 25.7. The number of benzene rings is 8. The van der Waals surface area contributed by atoms with Gasteiger partial charge in [0.2, 0.25) is 0 Å². The van der Waals surface area contributed by atoms with Gasteiger partial charge in [-0.1, -0.05) is 91.0 Å². The molecule has 0 radical (unpaired) electrons. The number of hydrogen-bond acceptors (Lipinski definition) is 2. The fourth-order valence-corrected chi connectivity index (χ4v) is 8.37. The van der Waals surface area contributed by atoms with E-state index in [4.69, 9.17) is 0 Å². The van der Waals surface area contributed by atoms with Gasteiger partial charge in [-0.05, 0) is 132 Å². The normalized spacial score (nSPS) is 12.4. The van der Waals surface area contributed by atoms with Crippen molar-refractivity contribution in [3.05, 3.63) is 147 Å². The molecule has 3 nitrogen and oxygen atoms in total. The molecule has 0 saturated carbocycles. The van der Waals surface area contributed by atoms with Crippen LogP contribution in [0.15, 0.2) is 119 Å². The van der Waals surface area contributed by atoms with E-state index in [0.717, 1.165) is 71.3 Å². The highest BCUT2D eigenvalue weighted by atomic mass is 16.2. The Bertz CT molecular complexity index is 2790. The fourth-order valence-electron chi connectivity index (χ4n) is 8.37. The molecule has 0 aliphatic carbocycles. The van der Waals surface area contributed by atoms with Crippen LogP contribution in [0.1, 0.15) is 16.7 Å². The van der Waals surface area contributed by atoms with Crippen LogP contribution in [-0.4, -0.2) is 4.57 Å². The lowest BCUT2D eigenvalue weighted by molar-refractivity contribution is 0.970. The van der Waals surface area contributed by atoms with Gasteiger partial charge >= 0.3 is 0 Å². The Morgan fingerprint density at radius 2 is 0.935 bits per heavy atom. The second-order valence-corrected chi connectivity index (χ2v) is 12.9. The van der Waals surface area contributed by atoms with E-state index in [1.54, 1.807) is 0 Å². The minimum Gasteiger partial charge on any atom is -0.268 e. The van der Waals surface area contributed by atoms with E-state index >= 15 is 0 Å². The van der Waals surface area contributed by atoms with E-state index in [1.807, 2.05) is 39.0 Å². The molecule has 0 spiro atoms. The highest BCUT2D eigenvalue weighted by molar-refractivity contribution is 6.50. The largest absolute Gasteiger partial charge is 0.268 e. The molecule has 9 aromatic carbocycles. The second kappa shape index (κ2) is 8.68. The molecule has 3 heteroatoms. The van der Waals surface area contributed by atoms with E-state index in [0.29, 0.717) is 16.5 Å². The van der Waals surface area contributed by atoms with Crippen LogP contribution >= 0.6 is 0 Å². The predicted octanol–water partition coefficient (Wildman–Crippen LogP) is 10.1. The zero-order valence-electron chi connectivity index (χ0n) is 25.7. The first-order valence-corrected chi connectivity index (χ1v) is 15.8. The van der Waals surface area contributed by atoms with E-state index in [-0.39, 0.29) is 11.1 Å². The van der Waals surface area contributed by atoms with Crippen molar-refractivity contribution in [3.63, 3.8) is 0 Å². The average molecular weight is 590 g/mol. The molecule has 10 rings (SSSR count). The molecule has 0 atom stereocenters. The molecule has 1 aromatic heterocycles. The van der Waals surface area contributed by atoms with Crippen LogP contribution in [-0.2, 0) is 0 Å². The number of hydrogen-bond donors (Lipinski definition) is 0. The van der Waals surface area contributed by atoms with Crippen molar-refractivity contribution in [2.45, 2.75) is 20.8 Å². The average Bonchev–Trinajstić information content (AvgIpc) is 3.57. The van der Waals surface area contributed by atoms with Crippen LogP contribution in [0.3, 0.4) is 0 Å². The van der Waals surface area contributed by atoms with Gasteiger partial charge in [-0.2, -0.15) is 0 Å². The maximum atomic E-state index is 14.8. The fraction of sp³-hybridized carbons (Fsp3) is 0.0698. The van der Waals surface area contributed by atoms with Crippen LogP contribution < -0.4 is 11.1 Å². The Hall–Kier alpha value is -5.80. The summed E-state index contributed by atoms with van der Waals surface area (Å²) in [6, 6.07) is 38.1. The van der Waals surface area contributed by atoms with E-state index in [1.165, 1.54) is 26.1 Å². The molecule has 216 valence electrons. The third kappa shape index (κ3) is 3.02. The zero-order chi connectivity index (χ0) is 31.0. The minimum atomic E-state index is -0.252. The predicted molar refractivity (Wildman–Crippen MR) is 193 cm³/mol. The molecule has 0 aliphatic heterocycles. The summed E-state index contributed by atoms with van der Waals surface area (Å²) in [5, 5.41) is 11.9. The Kier molecular flexibility index (Phi) is 4.81. The molecule has 10 aromatic rings. The minimum absolute atomic E-state index is 0.252. The first kappa shape index (κ1) is 25.5. The van der Waals surface area contributed by atoms with Crippen molar-refractivity contribution in [2.75, 3.05) is 0 Å². The molecule has 0 N–H and O–H groups in total. The molecule has 0 unspecified atom stereocenters. The maximum Gasteiger partial charge on any atom is 0.266 e. The van der Waals surface area contributed by atoms with Gasteiger partial charge in [0.15, 0.2) is 0 Å². The lowest BCUT2D eigenvalue weighted by Crippen LogP contribution is -2.24. The summed E-state index contributed by atoms with van der Waals surface area (Å²) >= 11 is 0. The van der Waals surface area contributed by atoms with Gasteiger partial charge in [0.05, 0.1) is 16.5 Å². The standard InChI is InChI=1S/C43H27NO2/c1-22-18-23(2)24(3)34(19-22)44-42(45)40-32-20-30(25-10-6-4-7-11-25)28-16-14-27-15-17-29-31(26-12-8-5-9-13-26)21-33(41(40)43(44)46)39-37(29)35(27)36(28)38(32)39/h4-21H,1-3H3. The first-order valence-electron chi connectivity index (χ1n) is 15.8. The number of nitrogens with zero attached hydrogens (tertiary/aromatic N) is 1. The maximum absolute atomic E-state index is 14.8. The number of aryl methyl sites for hydroxylation is 2. The van der Waals surface area contributed by atoms with Gasteiger partial charge in [0, 0.05) is 0 Å². The molecular weight excluding hydrogens is 562 g/mol. The summed E-state index contributed by atoms with van der Waals surface area (Å²) in [5.74, 6) is 0. The number of aromatic nitrogens is 1. The van der Waals surface area contributed by atoms with Crippen molar-refractivity contribution >= 4 is 64.6 Å². The lowest BCUT2D eigenvalue weighted by atomic mass is 9.89. The number of rotatable bonds is 3. The Labute approximate surface area is 263 Å². The molecule has 0 amide bonds. The Morgan fingerprint density at radius 3 is 1.43 bits per heavy atom. The Morgan fingerprint density at radius 1 is 0.457 bits per heavy atom. The van der Waals surface area contributed by atoms with Crippen molar-refractivity contribution in [3.8, 4) is 27.9 Å². The smallest absolute Gasteiger partial charge is 0.266 e. The van der Waals surface area contributed by atoms with Crippen molar-refractivity contribution in [1.82, 2.24) is 4.57 Å². The van der Waals surface area contributed by atoms with E-state index in [9.17, 15) is 9.59 Å². The second-order valence-electron chi connectivity index (χ2n) is 12.9. The van der Waals surface area contributed by atoms with Crippen molar-refractivity contribution in [1.29, 1.82) is 0 Å². The van der Waals surface area contributed by atoms with Gasteiger partial charge in [0.25, 0.3) is 11.1 Å². The van der Waals surface area contributed by atoms with Gasteiger partial charge in [-0.25, -0.2) is 4.57 Å². The molecule has 46 heavy (non-hydrogen) atoms. The third-order valence-corrected chi connectivity index (χ3v) is 10.5. The van der Waals surface area contributed by atoms with Crippen molar-refractivity contribution in [2.24, 2.45) is 0 Å². The van der Waals surface area contributed by atoms with Crippen LogP contribution in [0.4, 0.5) is 0 Å². The quantitative estimate of drug-likeness (QED) is 0.192. The van der Waals surface area contributed by atoms with Gasteiger partial charge in [-0.15, -0.1) is 0 Å². The number of fused-ring (bicyclic) bond motifs is 3. The van der Waals surface area contributed by atoms with Crippen LogP contribution in [0.5, 0.6) is 0 Å². The van der Waals surface area contributed by atoms with Crippen LogP contribution in [0, 0.1) is 20.8 Å². The molecule has 1 heterocycles. The SMILES string of the molecule is Cc1cc(C)c(C)c(-n2c(=O)c3c4cc(-c5ccccc5)c5ccc6ccc7c(-c8ccccc8)cc(c3c2=O)c2c7c6c5c42)c1.